The maximum atomic E-state index is 11.5. The van der Waals surface area contributed by atoms with Crippen LogP contribution in [0.25, 0.3) is 0 Å². The van der Waals surface area contributed by atoms with Gasteiger partial charge < -0.3 is 5.73 Å². The number of sulfone groups is 1. The van der Waals surface area contributed by atoms with Crippen molar-refractivity contribution in [1.82, 2.24) is 0 Å². The fourth-order valence-corrected chi connectivity index (χ4v) is 2.72. The number of nitrogen functional groups attached to an aromatic ring is 1. The molecule has 0 spiro atoms. The third-order valence-electron chi connectivity index (χ3n) is 1.60. The Bertz CT molecular complexity index is 389. The lowest BCUT2D eigenvalue weighted by molar-refractivity contribution is 0.598. The fourth-order valence-electron chi connectivity index (χ4n) is 0.975. The first-order chi connectivity index (χ1) is 6.08. The zero-order chi connectivity index (χ0) is 9.90. The minimum atomic E-state index is -3.30. The second-order valence-corrected chi connectivity index (χ2v) is 5.00. The first-order valence-electron chi connectivity index (χ1n) is 3.71. The van der Waals surface area contributed by atoms with Crippen molar-refractivity contribution >= 4 is 27.1 Å². The molecule has 5 heteroatoms. The summed E-state index contributed by atoms with van der Waals surface area (Å²) >= 11 is 5.37. The number of hydrogen-bond acceptors (Lipinski definition) is 3. The van der Waals surface area contributed by atoms with E-state index in [0.717, 1.165) is 0 Å². The number of benzene rings is 1. The van der Waals surface area contributed by atoms with Crippen LogP contribution in [0.15, 0.2) is 29.2 Å². The Morgan fingerprint density at radius 2 is 1.92 bits per heavy atom. The first kappa shape index (κ1) is 10.3. The molecule has 0 aliphatic carbocycles. The van der Waals surface area contributed by atoms with E-state index in [1.807, 2.05) is 0 Å². The molecule has 0 aliphatic rings. The Labute approximate surface area is 82.4 Å². The van der Waals surface area contributed by atoms with Crippen molar-refractivity contribution in [2.45, 2.75) is 4.90 Å². The molecule has 72 valence electrons. The molecule has 2 N–H and O–H groups in total. The largest absolute Gasteiger partial charge is 0.398 e. The summed E-state index contributed by atoms with van der Waals surface area (Å²) < 4.78 is 23.0. The molecule has 0 amide bonds. The van der Waals surface area contributed by atoms with Crippen LogP contribution < -0.4 is 5.73 Å². The molecule has 0 radical (unpaired) electrons. The molecule has 0 atom stereocenters. The van der Waals surface area contributed by atoms with Crippen molar-refractivity contribution in [2.75, 3.05) is 17.4 Å². The summed E-state index contributed by atoms with van der Waals surface area (Å²) in [6.45, 7) is 0. The van der Waals surface area contributed by atoms with Gasteiger partial charge in [-0.3, -0.25) is 0 Å². The van der Waals surface area contributed by atoms with Crippen LogP contribution in [0.5, 0.6) is 0 Å². The van der Waals surface area contributed by atoms with Crippen molar-refractivity contribution in [3.8, 4) is 0 Å². The lowest BCUT2D eigenvalue weighted by atomic mass is 10.3. The zero-order valence-electron chi connectivity index (χ0n) is 6.90. The van der Waals surface area contributed by atoms with Crippen molar-refractivity contribution < 1.29 is 8.42 Å². The van der Waals surface area contributed by atoms with Gasteiger partial charge in [0.25, 0.3) is 0 Å². The van der Waals surface area contributed by atoms with Crippen LogP contribution in [0.2, 0.25) is 0 Å². The van der Waals surface area contributed by atoms with Crippen LogP contribution in [-0.4, -0.2) is 20.1 Å². The normalized spacial score (nSPS) is 11.5. The van der Waals surface area contributed by atoms with Gasteiger partial charge >= 0.3 is 0 Å². The van der Waals surface area contributed by atoms with E-state index in [-0.39, 0.29) is 22.2 Å². The quantitative estimate of drug-likeness (QED) is 0.616. The van der Waals surface area contributed by atoms with Gasteiger partial charge in [-0.2, -0.15) is 0 Å². The van der Waals surface area contributed by atoms with Gasteiger partial charge in [-0.15, -0.1) is 11.6 Å². The third-order valence-corrected chi connectivity index (χ3v) is 3.80. The average Bonchev–Trinajstić information content (AvgIpc) is 2.04. The van der Waals surface area contributed by atoms with Gasteiger partial charge in [-0.25, -0.2) is 8.42 Å². The number of halogens is 1. The van der Waals surface area contributed by atoms with Crippen LogP contribution in [0.1, 0.15) is 0 Å². The molecule has 0 unspecified atom stereocenters. The molecule has 3 nitrogen and oxygen atoms in total. The van der Waals surface area contributed by atoms with Crippen LogP contribution in [0.4, 0.5) is 5.69 Å². The summed E-state index contributed by atoms with van der Waals surface area (Å²) in [4.78, 5) is 0.163. The van der Waals surface area contributed by atoms with Crippen LogP contribution >= 0.6 is 11.6 Å². The predicted octanol–water partition coefficient (Wildman–Crippen LogP) is 1.28. The lowest BCUT2D eigenvalue weighted by Gasteiger charge is -2.04. The van der Waals surface area contributed by atoms with E-state index in [9.17, 15) is 8.42 Å². The molecule has 0 saturated heterocycles. The highest BCUT2D eigenvalue weighted by atomic mass is 35.5. The number of hydrogen-bond donors (Lipinski definition) is 1. The summed E-state index contributed by atoms with van der Waals surface area (Å²) in [5.74, 6) is -0.000559. The molecule has 0 fully saturated rings. The van der Waals surface area contributed by atoms with Gasteiger partial charge in [0, 0.05) is 5.88 Å². The van der Waals surface area contributed by atoms with Crippen molar-refractivity contribution in [3.63, 3.8) is 0 Å². The number of anilines is 1. The number of para-hydroxylation sites is 1. The predicted molar refractivity (Wildman–Crippen MR) is 53.6 cm³/mol. The summed E-state index contributed by atoms with van der Waals surface area (Å²) in [5.41, 5.74) is 5.79. The Kier molecular flexibility index (Phi) is 3.17. The second-order valence-electron chi connectivity index (χ2n) is 2.55. The van der Waals surface area contributed by atoms with Gasteiger partial charge in [-0.05, 0) is 12.1 Å². The van der Waals surface area contributed by atoms with E-state index in [4.69, 9.17) is 17.3 Å². The minimum absolute atomic E-state index is 0.0800. The molecule has 0 aliphatic heterocycles. The Morgan fingerprint density at radius 3 is 2.46 bits per heavy atom. The van der Waals surface area contributed by atoms with E-state index in [1.165, 1.54) is 6.07 Å². The van der Waals surface area contributed by atoms with E-state index in [1.54, 1.807) is 18.2 Å². The first-order valence-corrected chi connectivity index (χ1v) is 5.90. The van der Waals surface area contributed by atoms with Gasteiger partial charge in [-0.1, -0.05) is 12.1 Å². The SMILES string of the molecule is Nc1ccccc1S(=O)(=O)CCCl. The summed E-state index contributed by atoms with van der Waals surface area (Å²) in [6.07, 6.45) is 0. The second kappa shape index (κ2) is 3.98. The van der Waals surface area contributed by atoms with E-state index in [2.05, 4.69) is 0 Å². The zero-order valence-corrected chi connectivity index (χ0v) is 8.48. The highest BCUT2D eigenvalue weighted by molar-refractivity contribution is 7.91. The lowest BCUT2D eigenvalue weighted by Crippen LogP contribution is -2.10. The summed E-state index contributed by atoms with van der Waals surface area (Å²) in [5, 5.41) is 0. The smallest absolute Gasteiger partial charge is 0.181 e. The minimum Gasteiger partial charge on any atom is -0.398 e. The van der Waals surface area contributed by atoms with Gasteiger partial charge in [0.2, 0.25) is 0 Å². The molecular weight excluding hydrogens is 210 g/mol. The topological polar surface area (TPSA) is 60.2 Å². The molecule has 0 saturated carbocycles. The summed E-state index contributed by atoms with van der Waals surface area (Å²) in [6, 6.07) is 6.37. The van der Waals surface area contributed by atoms with Crippen molar-refractivity contribution in [3.05, 3.63) is 24.3 Å². The average molecular weight is 220 g/mol. The molecular formula is C8H10ClNO2S. The van der Waals surface area contributed by atoms with Crippen molar-refractivity contribution in [1.29, 1.82) is 0 Å². The Morgan fingerprint density at radius 1 is 1.31 bits per heavy atom. The Hall–Kier alpha value is -0.740. The Balaban J connectivity index is 3.15. The number of alkyl halides is 1. The maximum absolute atomic E-state index is 11.5. The number of rotatable bonds is 3. The van der Waals surface area contributed by atoms with Crippen LogP contribution in [-0.2, 0) is 9.84 Å². The third kappa shape index (κ3) is 2.35. The van der Waals surface area contributed by atoms with Crippen LogP contribution in [0.3, 0.4) is 0 Å². The fraction of sp³-hybridized carbons (Fsp3) is 0.250. The molecule has 1 aromatic rings. The van der Waals surface area contributed by atoms with Gasteiger partial charge in [0.15, 0.2) is 9.84 Å². The maximum Gasteiger partial charge on any atom is 0.181 e. The molecule has 0 heterocycles. The van der Waals surface area contributed by atoms with Gasteiger partial charge in [0.05, 0.1) is 16.3 Å². The van der Waals surface area contributed by atoms with E-state index >= 15 is 0 Å². The van der Waals surface area contributed by atoms with Gasteiger partial charge in [0.1, 0.15) is 0 Å². The molecule has 13 heavy (non-hydrogen) atoms. The van der Waals surface area contributed by atoms with Crippen LogP contribution in [0, 0.1) is 0 Å². The molecule has 0 bridgehead atoms. The van der Waals surface area contributed by atoms with Crippen molar-refractivity contribution in [2.24, 2.45) is 0 Å². The monoisotopic (exact) mass is 219 g/mol. The molecule has 1 aromatic carbocycles. The van der Waals surface area contributed by atoms with E-state index < -0.39 is 9.84 Å². The van der Waals surface area contributed by atoms with E-state index in [0.29, 0.717) is 0 Å². The highest BCUT2D eigenvalue weighted by Crippen LogP contribution is 2.18. The summed E-state index contributed by atoms with van der Waals surface area (Å²) in [7, 11) is -3.30. The molecule has 1 rings (SSSR count). The molecule has 0 aromatic heterocycles. The highest BCUT2D eigenvalue weighted by Gasteiger charge is 2.15. The standard InChI is InChI=1S/C8H10ClNO2S/c9-5-6-13(11,12)8-4-2-1-3-7(8)10/h1-4H,5-6,10H2. The number of nitrogens with two attached hydrogens (primary N) is 1.